The van der Waals surface area contributed by atoms with Crippen LogP contribution in [0.5, 0.6) is 11.8 Å². The topological polar surface area (TPSA) is 69.0 Å². The lowest BCUT2D eigenvalue weighted by Gasteiger charge is -2.38. The van der Waals surface area contributed by atoms with Gasteiger partial charge in [0.25, 0.3) is 0 Å². The summed E-state index contributed by atoms with van der Waals surface area (Å²) in [6.07, 6.45) is 4.73. The number of hydrogen-bond acceptors (Lipinski definition) is 6. The second-order valence-electron chi connectivity index (χ2n) is 8.98. The molecule has 2 fully saturated rings. The minimum Gasteiger partial charge on any atom is -0.424 e. The molecule has 1 saturated carbocycles. The van der Waals surface area contributed by atoms with Crippen molar-refractivity contribution in [1.29, 1.82) is 0 Å². The van der Waals surface area contributed by atoms with E-state index >= 15 is 0 Å². The maximum absolute atomic E-state index is 13.6. The lowest BCUT2D eigenvalue weighted by Crippen LogP contribution is -2.43. The highest BCUT2D eigenvalue weighted by Crippen LogP contribution is 2.44. The van der Waals surface area contributed by atoms with Crippen LogP contribution in [0.2, 0.25) is 5.15 Å². The highest BCUT2D eigenvalue weighted by atomic mass is 35.5. The molecule has 1 aromatic carbocycles. The van der Waals surface area contributed by atoms with E-state index in [9.17, 15) is 4.39 Å². The summed E-state index contributed by atoms with van der Waals surface area (Å²) in [4.78, 5) is 15.4. The smallest absolute Gasteiger partial charge is 0.320 e. The molecule has 3 atom stereocenters. The Balaban J connectivity index is 1.32. The molecule has 2 bridgehead atoms. The zero-order valence-electron chi connectivity index (χ0n) is 18.2. The number of halogens is 2. The summed E-state index contributed by atoms with van der Waals surface area (Å²) in [6, 6.07) is 8.41. The van der Waals surface area contributed by atoms with E-state index in [1.54, 1.807) is 16.8 Å². The zero-order chi connectivity index (χ0) is 22.2. The van der Waals surface area contributed by atoms with E-state index in [0.29, 0.717) is 34.7 Å². The average molecular weight is 457 g/mol. The van der Waals surface area contributed by atoms with E-state index < -0.39 is 0 Å². The van der Waals surface area contributed by atoms with Gasteiger partial charge >= 0.3 is 6.01 Å². The number of nitrogens with zero attached hydrogens (tertiary/aromatic N) is 6. The fourth-order valence-electron chi connectivity index (χ4n) is 5.04. The van der Waals surface area contributed by atoms with Gasteiger partial charge in [-0.2, -0.15) is 10.1 Å². The molecule has 0 amide bonds. The number of anilines is 1. The first-order chi connectivity index (χ1) is 15.5. The van der Waals surface area contributed by atoms with Crippen molar-refractivity contribution in [3.8, 4) is 11.8 Å². The van der Waals surface area contributed by atoms with Gasteiger partial charge in [-0.15, -0.1) is 0 Å². The van der Waals surface area contributed by atoms with E-state index in [1.165, 1.54) is 31.3 Å². The Morgan fingerprint density at radius 2 is 1.94 bits per heavy atom. The molecule has 0 radical (unpaired) electrons. The van der Waals surface area contributed by atoms with Crippen LogP contribution in [0.1, 0.15) is 38.6 Å². The Labute approximate surface area is 191 Å². The third-order valence-corrected chi connectivity index (χ3v) is 6.74. The summed E-state index contributed by atoms with van der Waals surface area (Å²) >= 11 is 6.07. The number of hydrogen-bond donors (Lipinski definition) is 0. The van der Waals surface area contributed by atoms with Crippen LogP contribution in [0, 0.1) is 23.6 Å². The van der Waals surface area contributed by atoms with Crippen molar-refractivity contribution in [2.24, 2.45) is 17.8 Å². The Morgan fingerprint density at radius 3 is 2.62 bits per heavy atom. The van der Waals surface area contributed by atoms with Crippen molar-refractivity contribution < 1.29 is 9.13 Å². The summed E-state index contributed by atoms with van der Waals surface area (Å²) in [5.74, 6) is 3.39. The van der Waals surface area contributed by atoms with Gasteiger partial charge in [0.15, 0.2) is 5.82 Å². The van der Waals surface area contributed by atoms with Crippen LogP contribution in [0.15, 0.2) is 36.7 Å². The predicted octanol–water partition coefficient (Wildman–Crippen LogP) is 4.94. The van der Waals surface area contributed by atoms with Crippen molar-refractivity contribution >= 4 is 17.4 Å². The molecule has 168 valence electrons. The number of piperidine rings is 1. The minimum absolute atomic E-state index is 0.0842. The number of benzene rings is 1. The molecule has 0 spiro atoms. The van der Waals surface area contributed by atoms with Crippen LogP contribution in [-0.2, 0) is 6.42 Å². The zero-order valence-corrected chi connectivity index (χ0v) is 18.9. The summed E-state index contributed by atoms with van der Waals surface area (Å²) in [5.41, 5.74) is 0. The van der Waals surface area contributed by atoms with Gasteiger partial charge < -0.3 is 9.64 Å². The van der Waals surface area contributed by atoms with E-state index in [1.807, 2.05) is 19.9 Å². The minimum atomic E-state index is -0.341. The predicted molar refractivity (Wildman–Crippen MR) is 120 cm³/mol. The first kappa shape index (κ1) is 21.1. The second-order valence-corrected chi connectivity index (χ2v) is 9.37. The molecule has 2 aromatic heterocycles. The molecule has 3 aromatic rings. The third-order valence-electron chi connectivity index (χ3n) is 6.53. The summed E-state index contributed by atoms with van der Waals surface area (Å²) in [6.45, 7) is 5.97. The Hall–Kier alpha value is -2.74. The molecule has 5 rings (SSSR count). The highest BCUT2D eigenvalue weighted by Gasteiger charge is 2.43. The van der Waals surface area contributed by atoms with Gasteiger partial charge in [-0.05, 0) is 56.6 Å². The molecule has 32 heavy (non-hydrogen) atoms. The van der Waals surface area contributed by atoms with Gasteiger partial charge in [-0.3, -0.25) is 0 Å². The molecule has 2 aliphatic rings. The van der Waals surface area contributed by atoms with Gasteiger partial charge in [0.2, 0.25) is 0 Å². The van der Waals surface area contributed by atoms with Crippen molar-refractivity contribution in [2.75, 3.05) is 18.0 Å². The standard InChI is InChI=1S/C23H26ClFN6O/c1-14(2)31-23(32-18-5-3-4-17(25)8-18)28-21(29-31)9-19-15-6-7-16(19)12-30(11-15)22-10-20(24)26-13-27-22/h3-5,8,10,13-16,19H,6-7,9,11-12H2,1-2H3/t15-,16+,19?. The Morgan fingerprint density at radius 1 is 1.16 bits per heavy atom. The average Bonchev–Trinajstić information content (AvgIpc) is 3.24. The number of aromatic nitrogens is 5. The summed E-state index contributed by atoms with van der Waals surface area (Å²) < 4.78 is 21.2. The molecule has 1 saturated heterocycles. The van der Waals surface area contributed by atoms with Crippen molar-refractivity contribution in [2.45, 2.75) is 39.2 Å². The SMILES string of the molecule is CC(C)n1nc(CC2[C@@H]3CC[C@H]2CN(c2cc(Cl)ncn2)C3)nc1Oc1cccc(F)c1. The summed E-state index contributed by atoms with van der Waals surface area (Å²) in [5, 5.41) is 5.21. The fourth-order valence-corrected chi connectivity index (χ4v) is 5.18. The van der Waals surface area contributed by atoms with Gasteiger partial charge in [0.1, 0.15) is 28.9 Å². The number of ether oxygens (including phenoxy) is 1. The monoisotopic (exact) mass is 456 g/mol. The molecule has 7 nitrogen and oxygen atoms in total. The quantitative estimate of drug-likeness (QED) is 0.489. The Bertz CT molecular complexity index is 1090. The van der Waals surface area contributed by atoms with Crippen molar-refractivity contribution in [3.63, 3.8) is 0 Å². The third kappa shape index (κ3) is 4.28. The molecule has 1 unspecified atom stereocenters. The number of fused-ring (bicyclic) bond motifs is 2. The maximum atomic E-state index is 13.6. The molecule has 9 heteroatoms. The van der Waals surface area contributed by atoms with Crippen LogP contribution in [-0.4, -0.2) is 37.8 Å². The van der Waals surface area contributed by atoms with E-state index in [4.69, 9.17) is 26.4 Å². The van der Waals surface area contributed by atoms with Gasteiger partial charge in [0.05, 0.1) is 6.04 Å². The van der Waals surface area contributed by atoms with Crippen LogP contribution < -0.4 is 9.64 Å². The first-order valence-corrected chi connectivity index (χ1v) is 11.5. The van der Waals surface area contributed by atoms with E-state index in [2.05, 4.69) is 14.9 Å². The van der Waals surface area contributed by atoms with Crippen LogP contribution in [0.4, 0.5) is 10.2 Å². The van der Waals surface area contributed by atoms with E-state index in [0.717, 1.165) is 31.2 Å². The lowest BCUT2D eigenvalue weighted by atomic mass is 9.82. The van der Waals surface area contributed by atoms with E-state index in [-0.39, 0.29) is 11.9 Å². The Kier molecular flexibility index (Phi) is 5.71. The van der Waals surface area contributed by atoms with Gasteiger partial charge in [-0.1, -0.05) is 17.7 Å². The van der Waals surface area contributed by atoms with Gasteiger partial charge in [0, 0.05) is 31.6 Å². The lowest BCUT2D eigenvalue weighted by molar-refractivity contribution is 0.264. The van der Waals surface area contributed by atoms with Gasteiger partial charge in [-0.25, -0.2) is 19.0 Å². The first-order valence-electron chi connectivity index (χ1n) is 11.1. The highest BCUT2D eigenvalue weighted by molar-refractivity contribution is 6.29. The van der Waals surface area contributed by atoms with Crippen molar-refractivity contribution in [1.82, 2.24) is 24.7 Å². The number of rotatable bonds is 6. The molecule has 0 N–H and O–H groups in total. The second kappa shape index (κ2) is 8.65. The molecule has 3 heterocycles. The largest absolute Gasteiger partial charge is 0.424 e. The fraction of sp³-hybridized carbons (Fsp3) is 0.478. The molecule has 1 aliphatic carbocycles. The van der Waals surface area contributed by atoms with Crippen LogP contribution in [0.25, 0.3) is 0 Å². The molecular weight excluding hydrogens is 431 g/mol. The normalized spacial score (nSPS) is 22.5. The maximum Gasteiger partial charge on any atom is 0.320 e. The van der Waals surface area contributed by atoms with Crippen LogP contribution >= 0.6 is 11.6 Å². The van der Waals surface area contributed by atoms with Crippen molar-refractivity contribution in [3.05, 3.63) is 53.5 Å². The molecule has 1 aliphatic heterocycles. The molecular formula is C23H26ClFN6O. The van der Waals surface area contributed by atoms with Crippen LogP contribution in [0.3, 0.4) is 0 Å². The summed E-state index contributed by atoms with van der Waals surface area (Å²) in [7, 11) is 0.